The quantitative estimate of drug-likeness (QED) is 0.856. The zero-order valence-electron chi connectivity index (χ0n) is 9.74. The molecular formula is C13H16N2O2. The first-order valence-electron chi connectivity index (χ1n) is 6.07. The van der Waals surface area contributed by atoms with E-state index in [1.165, 1.54) is 5.56 Å². The fourth-order valence-electron chi connectivity index (χ4n) is 2.12. The molecule has 90 valence electrons. The lowest BCUT2D eigenvalue weighted by Crippen LogP contribution is -2.19. The third-order valence-electron chi connectivity index (χ3n) is 3.00. The van der Waals surface area contributed by atoms with Crippen molar-refractivity contribution in [2.45, 2.75) is 12.8 Å². The highest BCUT2D eigenvalue weighted by Crippen LogP contribution is 2.31. The van der Waals surface area contributed by atoms with Crippen LogP contribution in [0.4, 0.5) is 0 Å². The van der Waals surface area contributed by atoms with Gasteiger partial charge in [0.05, 0.1) is 12.4 Å². The highest BCUT2D eigenvalue weighted by atomic mass is 16.6. The second-order valence-corrected chi connectivity index (χ2v) is 4.23. The lowest BCUT2D eigenvalue weighted by atomic mass is 10.1. The van der Waals surface area contributed by atoms with Crippen molar-refractivity contribution in [2.75, 3.05) is 26.3 Å². The summed E-state index contributed by atoms with van der Waals surface area (Å²) in [6, 6.07) is 6.17. The number of aryl methyl sites for hydroxylation is 1. The van der Waals surface area contributed by atoms with Gasteiger partial charge in [0.2, 0.25) is 0 Å². The van der Waals surface area contributed by atoms with E-state index < -0.39 is 0 Å². The van der Waals surface area contributed by atoms with E-state index in [0.29, 0.717) is 13.2 Å². The van der Waals surface area contributed by atoms with Crippen molar-refractivity contribution >= 4 is 5.84 Å². The lowest BCUT2D eigenvalue weighted by molar-refractivity contribution is 0.171. The average Bonchev–Trinajstić information content (AvgIpc) is 2.89. The second-order valence-electron chi connectivity index (χ2n) is 4.23. The molecule has 3 rings (SSSR count). The van der Waals surface area contributed by atoms with Crippen LogP contribution in [0, 0.1) is 0 Å². The Morgan fingerprint density at radius 2 is 2.00 bits per heavy atom. The molecule has 0 unspecified atom stereocenters. The summed E-state index contributed by atoms with van der Waals surface area (Å²) >= 11 is 0. The molecule has 4 heteroatoms. The molecule has 1 aromatic rings. The molecule has 0 saturated carbocycles. The molecule has 17 heavy (non-hydrogen) atoms. The SMILES string of the molecule is c1cc2c(cc1CCC1=NCCN1)OCCO2. The molecule has 2 aliphatic heterocycles. The van der Waals surface area contributed by atoms with Crippen LogP contribution < -0.4 is 14.8 Å². The van der Waals surface area contributed by atoms with Gasteiger partial charge in [-0.1, -0.05) is 6.07 Å². The smallest absolute Gasteiger partial charge is 0.161 e. The van der Waals surface area contributed by atoms with Crippen LogP contribution in [-0.4, -0.2) is 32.1 Å². The largest absolute Gasteiger partial charge is 0.486 e. The average molecular weight is 232 g/mol. The highest BCUT2D eigenvalue weighted by molar-refractivity contribution is 5.83. The van der Waals surface area contributed by atoms with E-state index in [2.05, 4.69) is 22.4 Å². The van der Waals surface area contributed by atoms with Gasteiger partial charge in [0.15, 0.2) is 11.5 Å². The normalized spacial score (nSPS) is 17.5. The number of rotatable bonds is 3. The number of hydrogen-bond acceptors (Lipinski definition) is 4. The van der Waals surface area contributed by atoms with E-state index in [4.69, 9.17) is 9.47 Å². The van der Waals surface area contributed by atoms with Crippen LogP contribution in [-0.2, 0) is 6.42 Å². The summed E-state index contributed by atoms with van der Waals surface area (Å²) < 4.78 is 11.1. The molecule has 0 atom stereocenters. The Kier molecular flexibility index (Phi) is 2.86. The van der Waals surface area contributed by atoms with Crippen LogP contribution in [0.1, 0.15) is 12.0 Å². The Morgan fingerprint density at radius 3 is 2.82 bits per heavy atom. The van der Waals surface area contributed by atoms with Crippen LogP contribution in [0.2, 0.25) is 0 Å². The lowest BCUT2D eigenvalue weighted by Gasteiger charge is -2.18. The fourth-order valence-corrected chi connectivity index (χ4v) is 2.12. The molecular weight excluding hydrogens is 216 g/mol. The van der Waals surface area contributed by atoms with Gasteiger partial charge in [0.1, 0.15) is 13.2 Å². The number of benzene rings is 1. The first-order chi connectivity index (χ1) is 8.42. The Balaban J connectivity index is 1.66. The summed E-state index contributed by atoms with van der Waals surface area (Å²) in [6.45, 7) is 3.19. The number of ether oxygens (including phenoxy) is 2. The first-order valence-corrected chi connectivity index (χ1v) is 6.07. The van der Waals surface area contributed by atoms with Crippen molar-refractivity contribution < 1.29 is 9.47 Å². The third kappa shape index (κ3) is 2.35. The summed E-state index contributed by atoms with van der Waals surface area (Å²) in [7, 11) is 0. The molecule has 0 aromatic heterocycles. The van der Waals surface area contributed by atoms with Crippen LogP contribution in [0.3, 0.4) is 0 Å². The maximum Gasteiger partial charge on any atom is 0.161 e. The van der Waals surface area contributed by atoms with Crippen molar-refractivity contribution in [3.05, 3.63) is 23.8 Å². The maximum atomic E-state index is 5.57. The molecule has 0 radical (unpaired) electrons. The molecule has 0 spiro atoms. The predicted octanol–water partition coefficient (Wildman–Crippen LogP) is 1.39. The molecule has 2 heterocycles. The van der Waals surface area contributed by atoms with Crippen LogP contribution in [0.15, 0.2) is 23.2 Å². The van der Waals surface area contributed by atoms with Crippen LogP contribution >= 0.6 is 0 Å². The van der Waals surface area contributed by atoms with Gasteiger partial charge in [-0.15, -0.1) is 0 Å². The Hall–Kier alpha value is -1.71. The van der Waals surface area contributed by atoms with E-state index in [1.807, 2.05) is 6.07 Å². The molecule has 0 aliphatic carbocycles. The van der Waals surface area contributed by atoms with E-state index in [0.717, 1.165) is 43.3 Å². The third-order valence-corrected chi connectivity index (χ3v) is 3.00. The molecule has 0 fully saturated rings. The topological polar surface area (TPSA) is 42.9 Å². The minimum absolute atomic E-state index is 0.644. The van der Waals surface area contributed by atoms with Gasteiger partial charge in [-0.25, -0.2) is 0 Å². The molecule has 4 nitrogen and oxygen atoms in total. The zero-order chi connectivity index (χ0) is 11.5. The van der Waals surface area contributed by atoms with Crippen molar-refractivity contribution in [2.24, 2.45) is 4.99 Å². The van der Waals surface area contributed by atoms with Crippen LogP contribution in [0.5, 0.6) is 11.5 Å². The molecule has 0 bridgehead atoms. The summed E-state index contributed by atoms with van der Waals surface area (Å²) in [5.74, 6) is 2.85. The van der Waals surface area contributed by atoms with Gasteiger partial charge in [-0.3, -0.25) is 4.99 Å². The van der Waals surface area contributed by atoms with Gasteiger partial charge in [0, 0.05) is 13.0 Å². The Morgan fingerprint density at radius 1 is 1.12 bits per heavy atom. The summed E-state index contributed by atoms with van der Waals surface area (Å²) in [6.07, 6.45) is 1.96. The number of nitrogens with zero attached hydrogens (tertiary/aromatic N) is 1. The van der Waals surface area contributed by atoms with Gasteiger partial charge >= 0.3 is 0 Å². The molecule has 0 saturated heterocycles. The Bertz CT molecular complexity index is 443. The predicted molar refractivity (Wildman–Crippen MR) is 66.1 cm³/mol. The monoisotopic (exact) mass is 232 g/mol. The second kappa shape index (κ2) is 4.65. The van der Waals surface area contributed by atoms with Crippen molar-refractivity contribution in [3.63, 3.8) is 0 Å². The highest BCUT2D eigenvalue weighted by Gasteiger charge is 2.12. The van der Waals surface area contributed by atoms with E-state index in [1.54, 1.807) is 0 Å². The molecule has 1 aromatic carbocycles. The van der Waals surface area contributed by atoms with E-state index in [-0.39, 0.29) is 0 Å². The van der Waals surface area contributed by atoms with Gasteiger partial charge in [-0.2, -0.15) is 0 Å². The Labute approximate surface area is 101 Å². The summed E-state index contributed by atoms with van der Waals surface area (Å²) in [5.41, 5.74) is 1.27. The fraction of sp³-hybridized carbons (Fsp3) is 0.462. The minimum atomic E-state index is 0.644. The summed E-state index contributed by atoms with van der Waals surface area (Å²) in [4.78, 5) is 4.39. The van der Waals surface area contributed by atoms with Crippen molar-refractivity contribution in [1.29, 1.82) is 0 Å². The van der Waals surface area contributed by atoms with Crippen molar-refractivity contribution in [1.82, 2.24) is 5.32 Å². The van der Waals surface area contributed by atoms with Gasteiger partial charge in [-0.05, 0) is 24.1 Å². The van der Waals surface area contributed by atoms with Crippen molar-refractivity contribution in [3.8, 4) is 11.5 Å². The standard InChI is InChI=1S/C13H16N2O2/c1-3-11-12(17-8-7-16-11)9-10(1)2-4-13-14-5-6-15-13/h1,3,9H,2,4-8H2,(H,14,15). The molecule has 2 aliphatic rings. The minimum Gasteiger partial charge on any atom is -0.486 e. The van der Waals surface area contributed by atoms with E-state index >= 15 is 0 Å². The maximum absolute atomic E-state index is 5.57. The zero-order valence-corrected chi connectivity index (χ0v) is 9.74. The number of aliphatic imine (C=N–C) groups is 1. The number of hydrogen-bond donors (Lipinski definition) is 1. The summed E-state index contributed by atoms with van der Waals surface area (Å²) in [5, 5.41) is 3.28. The van der Waals surface area contributed by atoms with E-state index in [9.17, 15) is 0 Å². The van der Waals surface area contributed by atoms with Gasteiger partial charge < -0.3 is 14.8 Å². The molecule has 1 N–H and O–H groups in total. The van der Waals surface area contributed by atoms with Gasteiger partial charge in [0.25, 0.3) is 0 Å². The first kappa shape index (κ1) is 10.4. The molecule has 0 amide bonds. The number of fused-ring (bicyclic) bond motifs is 1. The van der Waals surface area contributed by atoms with Crippen LogP contribution in [0.25, 0.3) is 0 Å². The number of amidine groups is 1. The number of nitrogens with one attached hydrogen (secondary N) is 1.